The van der Waals surface area contributed by atoms with Crippen LogP contribution in [0.4, 0.5) is 4.79 Å². The number of rotatable bonds is 5. The van der Waals surface area contributed by atoms with Crippen LogP contribution in [-0.2, 0) is 11.2 Å². The molecule has 1 saturated heterocycles. The first-order valence-corrected chi connectivity index (χ1v) is 8.37. The van der Waals surface area contributed by atoms with Crippen molar-refractivity contribution in [3.05, 3.63) is 24.0 Å². The summed E-state index contributed by atoms with van der Waals surface area (Å²) >= 11 is 0. The highest BCUT2D eigenvalue weighted by Gasteiger charge is 2.26. The summed E-state index contributed by atoms with van der Waals surface area (Å²) in [4.78, 5) is 32.7. The minimum atomic E-state index is -0.106. The number of fused-ring (bicyclic) bond motifs is 1. The predicted octanol–water partition coefficient (Wildman–Crippen LogP) is 1.03. The molecular weight excluding hydrogens is 322 g/mol. The van der Waals surface area contributed by atoms with E-state index in [1.165, 1.54) is 6.92 Å². The lowest BCUT2D eigenvalue weighted by Gasteiger charge is -2.17. The summed E-state index contributed by atoms with van der Waals surface area (Å²) in [5, 5.41) is 5.75. The Kier molecular flexibility index (Phi) is 5.06. The van der Waals surface area contributed by atoms with E-state index in [0.29, 0.717) is 26.1 Å². The van der Waals surface area contributed by atoms with Crippen LogP contribution in [0, 0.1) is 0 Å². The lowest BCUT2D eigenvalue weighted by Crippen LogP contribution is -2.42. The quantitative estimate of drug-likeness (QED) is 0.754. The van der Waals surface area contributed by atoms with Crippen molar-refractivity contribution in [3.63, 3.8) is 0 Å². The van der Waals surface area contributed by atoms with Gasteiger partial charge in [-0.3, -0.25) is 4.79 Å². The number of likely N-dealkylation sites (tertiary alicyclic amines) is 1. The number of benzene rings is 1. The molecule has 2 aromatic rings. The number of imidazole rings is 1. The van der Waals surface area contributed by atoms with Crippen LogP contribution in [-0.4, -0.2) is 59.6 Å². The molecular formula is C17H23N5O3. The number of carbonyl (C=O) groups excluding carboxylic acids is 2. The molecule has 1 aliphatic rings. The number of methoxy groups -OCH3 is 1. The molecule has 1 fully saturated rings. The first-order chi connectivity index (χ1) is 12.0. The number of aromatic nitrogens is 2. The van der Waals surface area contributed by atoms with Crippen LogP contribution in [0.3, 0.4) is 0 Å². The van der Waals surface area contributed by atoms with Crippen molar-refractivity contribution < 1.29 is 14.3 Å². The molecule has 1 aromatic heterocycles. The van der Waals surface area contributed by atoms with Crippen LogP contribution in [0.15, 0.2) is 18.2 Å². The van der Waals surface area contributed by atoms with E-state index in [4.69, 9.17) is 4.74 Å². The molecule has 0 radical (unpaired) electrons. The van der Waals surface area contributed by atoms with E-state index in [1.54, 1.807) is 12.0 Å². The molecule has 1 aromatic carbocycles. The molecule has 134 valence electrons. The Bertz CT molecular complexity index is 773. The topological polar surface area (TPSA) is 99.3 Å². The molecule has 8 heteroatoms. The van der Waals surface area contributed by atoms with Crippen LogP contribution in [0.2, 0.25) is 0 Å². The number of H-pyrrole nitrogens is 1. The third kappa shape index (κ3) is 4.20. The molecule has 1 atom stereocenters. The summed E-state index contributed by atoms with van der Waals surface area (Å²) in [5.41, 5.74) is 1.79. The fraction of sp³-hybridized carbons (Fsp3) is 0.471. The fourth-order valence-electron chi connectivity index (χ4n) is 3.04. The molecule has 2 heterocycles. The van der Waals surface area contributed by atoms with Crippen LogP contribution in [0.1, 0.15) is 19.2 Å². The highest BCUT2D eigenvalue weighted by Crippen LogP contribution is 2.18. The van der Waals surface area contributed by atoms with Gasteiger partial charge < -0.3 is 25.3 Å². The second kappa shape index (κ2) is 7.42. The summed E-state index contributed by atoms with van der Waals surface area (Å²) in [5.74, 6) is 1.54. The van der Waals surface area contributed by atoms with Gasteiger partial charge in [0.05, 0.1) is 18.1 Å². The van der Waals surface area contributed by atoms with Crippen molar-refractivity contribution in [2.75, 3.05) is 26.7 Å². The van der Waals surface area contributed by atoms with Gasteiger partial charge in [0, 0.05) is 45.1 Å². The number of urea groups is 1. The fourth-order valence-corrected chi connectivity index (χ4v) is 3.04. The number of aromatic amines is 1. The van der Waals surface area contributed by atoms with E-state index in [0.717, 1.165) is 29.0 Å². The van der Waals surface area contributed by atoms with Crippen LogP contribution in [0.5, 0.6) is 5.75 Å². The summed E-state index contributed by atoms with van der Waals surface area (Å²) in [6.07, 6.45) is 1.41. The molecule has 0 saturated carbocycles. The number of carbonyl (C=O) groups is 2. The van der Waals surface area contributed by atoms with E-state index in [1.807, 2.05) is 18.2 Å². The zero-order valence-corrected chi connectivity index (χ0v) is 14.5. The van der Waals surface area contributed by atoms with E-state index < -0.39 is 0 Å². The van der Waals surface area contributed by atoms with E-state index >= 15 is 0 Å². The van der Waals surface area contributed by atoms with E-state index in [2.05, 4.69) is 20.6 Å². The maximum absolute atomic E-state index is 12.2. The minimum Gasteiger partial charge on any atom is -0.497 e. The van der Waals surface area contributed by atoms with Crippen molar-refractivity contribution in [2.24, 2.45) is 0 Å². The SMILES string of the molecule is COc1ccc2nc(CCNC(=O)N3CCC(NC(C)=O)C3)[nH]c2c1. The molecule has 0 spiro atoms. The summed E-state index contributed by atoms with van der Waals surface area (Å²) in [6, 6.07) is 5.61. The summed E-state index contributed by atoms with van der Waals surface area (Å²) in [7, 11) is 1.63. The Morgan fingerprint density at radius 2 is 2.28 bits per heavy atom. The normalized spacial score (nSPS) is 16.9. The molecule has 3 N–H and O–H groups in total. The third-order valence-corrected chi connectivity index (χ3v) is 4.26. The molecule has 0 aliphatic carbocycles. The summed E-state index contributed by atoms with van der Waals surface area (Å²) < 4.78 is 5.20. The first-order valence-electron chi connectivity index (χ1n) is 8.37. The zero-order valence-electron chi connectivity index (χ0n) is 14.5. The van der Waals surface area contributed by atoms with Gasteiger partial charge in [-0.1, -0.05) is 0 Å². The number of nitrogens with zero attached hydrogens (tertiary/aromatic N) is 2. The number of nitrogens with one attached hydrogen (secondary N) is 3. The molecule has 1 unspecified atom stereocenters. The predicted molar refractivity (Wildman–Crippen MR) is 93.5 cm³/mol. The van der Waals surface area contributed by atoms with Crippen molar-refractivity contribution in [3.8, 4) is 5.75 Å². The van der Waals surface area contributed by atoms with Crippen LogP contribution < -0.4 is 15.4 Å². The van der Waals surface area contributed by atoms with E-state index in [-0.39, 0.29) is 18.0 Å². The molecule has 1 aliphatic heterocycles. The van der Waals surface area contributed by atoms with Gasteiger partial charge in [0.1, 0.15) is 11.6 Å². The van der Waals surface area contributed by atoms with Crippen molar-refractivity contribution in [1.82, 2.24) is 25.5 Å². The van der Waals surface area contributed by atoms with Gasteiger partial charge in [0.25, 0.3) is 0 Å². The van der Waals surface area contributed by atoms with Gasteiger partial charge in [0.2, 0.25) is 5.91 Å². The standard InChI is InChI=1S/C17H23N5O3/c1-11(23)19-12-6-8-22(10-12)17(24)18-7-5-16-20-14-4-3-13(25-2)9-15(14)21-16/h3-4,9,12H,5-8,10H2,1-2H3,(H,18,24)(H,19,23)(H,20,21). The van der Waals surface area contributed by atoms with Gasteiger partial charge in [-0.2, -0.15) is 0 Å². The first kappa shape index (κ1) is 17.1. The third-order valence-electron chi connectivity index (χ3n) is 4.26. The Balaban J connectivity index is 1.48. The minimum absolute atomic E-state index is 0.0496. The average Bonchev–Trinajstić information content (AvgIpc) is 3.19. The lowest BCUT2D eigenvalue weighted by atomic mass is 10.3. The number of ether oxygens (including phenoxy) is 1. The highest BCUT2D eigenvalue weighted by atomic mass is 16.5. The Morgan fingerprint density at radius 1 is 1.44 bits per heavy atom. The monoisotopic (exact) mass is 345 g/mol. The van der Waals surface area contributed by atoms with Gasteiger partial charge in [0.15, 0.2) is 0 Å². The molecule has 8 nitrogen and oxygen atoms in total. The van der Waals surface area contributed by atoms with Crippen molar-refractivity contribution >= 4 is 23.0 Å². The Labute approximate surface area is 145 Å². The smallest absolute Gasteiger partial charge is 0.317 e. The zero-order chi connectivity index (χ0) is 17.8. The maximum atomic E-state index is 12.2. The second-order valence-corrected chi connectivity index (χ2v) is 6.18. The Hall–Kier alpha value is -2.77. The molecule has 25 heavy (non-hydrogen) atoms. The number of hydrogen-bond donors (Lipinski definition) is 3. The van der Waals surface area contributed by atoms with Crippen molar-refractivity contribution in [1.29, 1.82) is 0 Å². The van der Waals surface area contributed by atoms with Gasteiger partial charge >= 0.3 is 6.03 Å². The lowest BCUT2D eigenvalue weighted by molar-refractivity contribution is -0.119. The average molecular weight is 345 g/mol. The highest BCUT2D eigenvalue weighted by molar-refractivity contribution is 5.77. The van der Waals surface area contributed by atoms with E-state index in [9.17, 15) is 9.59 Å². The van der Waals surface area contributed by atoms with Gasteiger partial charge in [-0.15, -0.1) is 0 Å². The number of amides is 3. The van der Waals surface area contributed by atoms with Gasteiger partial charge in [-0.25, -0.2) is 9.78 Å². The molecule has 3 rings (SSSR count). The summed E-state index contributed by atoms with van der Waals surface area (Å²) in [6.45, 7) is 3.19. The largest absolute Gasteiger partial charge is 0.497 e. The van der Waals surface area contributed by atoms with Crippen LogP contribution >= 0.6 is 0 Å². The molecule has 3 amide bonds. The number of hydrogen-bond acceptors (Lipinski definition) is 4. The molecule has 0 bridgehead atoms. The maximum Gasteiger partial charge on any atom is 0.317 e. The van der Waals surface area contributed by atoms with Gasteiger partial charge in [-0.05, 0) is 18.6 Å². The second-order valence-electron chi connectivity index (χ2n) is 6.18. The van der Waals surface area contributed by atoms with Crippen molar-refractivity contribution in [2.45, 2.75) is 25.8 Å². The Morgan fingerprint density at radius 3 is 3.04 bits per heavy atom. The van der Waals surface area contributed by atoms with Crippen LogP contribution in [0.25, 0.3) is 11.0 Å².